The molecule has 0 amide bonds. The third kappa shape index (κ3) is 3.08. The third-order valence-electron chi connectivity index (χ3n) is 3.42. The Morgan fingerprint density at radius 1 is 1.05 bits per heavy atom. The van der Waals surface area contributed by atoms with E-state index in [1.165, 1.54) is 0 Å². The molecule has 1 aliphatic rings. The number of para-hydroxylation sites is 2. The van der Waals surface area contributed by atoms with Gasteiger partial charge in [0.05, 0.1) is 5.92 Å². The summed E-state index contributed by atoms with van der Waals surface area (Å²) in [6.07, 6.45) is 0. The zero-order chi connectivity index (χ0) is 15.5. The normalized spacial score (nSPS) is 12.6. The molecule has 0 aromatic heterocycles. The van der Waals surface area contributed by atoms with E-state index in [0.717, 1.165) is 22.5 Å². The van der Waals surface area contributed by atoms with Gasteiger partial charge in [0.25, 0.3) is 0 Å². The fourth-order valence-electron chi connectivity index (χ4n) is 2.13. The van der Waals surface area contributed by atoms with Gasteiger partial charge in [-0.3, -0.25) is 4.79 Å². The number of fused-ring (bicyclic) bond motifs is 1. The van der Waals surface area contributed by atoms with Crippen LogP contribution in [0.5, 0.6) is 11.5 Å². The number of esters is 1. The Kier molecular flexibility index (Phi) is 4.05. The molecule has 112 valence electrons. The highest BCUT2D eigenvalue weighted by atomic mass is 16.6. The van der Waals surface area contributed by atoms with Crippen LogP contribution in [0.15, 0.2) is 48.5 Å². The van der Waals surface area contributed by atoms with E-state index in [-0.39, 0.29) is 18.5 Å². The van der Waals surface area contributed by atoms with Crippen LogP contribution in [0.1, 0.15) is 19.4 Å². The monoisotopic (exact) mass is 296 g/mol. The number of hydrogen-bond donors (Lipinski definition) is 0. The molecule has 0 radical (unpaired) electrons. The van der Waals surface area contributed by atoms with Gasteiger partial charge in [-0.15, -0.1) is 0 Å². The van der Waals surface area contributed by atoms with E-state index in [1.807, 2.05) is 62.4 Å². The van der Waals surface area contributed by atoms with E-state index in [0.29, 0.717) is 0 Å². The van der Waals surface area contributed by atoms with Crippen molar-refractivity contribution in [1.82, 2.24) is 0 Å². The summed E-state index contributed by atoms with van der Waals surface area (Å²) < 4.78 is 16.7. The Balaban J connectivity index is 1.62. The second-order valence-electron chi connectivity index (χ2n) is 5.52. The summed E-state index contributed by atoms with van der Waals surface area (Å²) in [5.41, 5.74) is 1.86. The highest BCUT2D eigenvalue weighted by Crippen LogP contribution is 2.32. The van der Waals surface area contributed by atoms with Crippen LogP contribution < -0.4 is 14.8 Å². The Morgan fingerprint density at radius 2 is 1.64 bits per heavy atom. The Labute approximate surface area is 130 Å². The Morgan fingerprint density at radius 3 is 2.18 bits per heavy atom. The van der Waals surface area contributed by atoms with Crippen LogP contribution in [0.2, 0.25) is 0 Å². The highest BCUT2D eigenvalue weighted by molar-refractivity contribution is 6.63. The summed E-state index contributed by atoms with van der Waals surface area (Å²) in [4.78, 5) is 11.5. The molecule has 0 atom stereocenters. The average Bonchev–Trinajstić information content (AvgIpc) is 2.97. The lowest BCUT2D eigenvalue weighted by atomic mass is 9.79. The Bertz CT molecular complexity index is 642. The summed E-state index contributed by atoms with van der Waals surface area (Å²) in [5, 5.41) is 0. The van der Waals surface area contributed by atoms with Crippen molar-refractivity contribution < 1.29 is 18.8 Å². The predicted octanol–water partition coefficient (Wildman–Crippen LogP) is 2.55. The van der Waals surface area contributed by atoms with Gasteiger partial charge in [0, 0.05) is 5.46 Å². The number of carbonyl (C=O) groups excluding carboxylic acids is 1. The summed E-state index contributed by atoms with van der Waals surface area (Å²) in [6, 6.07) is 15.3. The molecule has 22 heavy (non-hydrogen) atoms. The van der Waals surface area contributed by atoms with Gasteiger partial charge in [-0.1, -0.05) is 50.2 Å². The number of rotatable bonds is 4. The van der Waals surface area contributed by atoms with E-state index in [9.17, 15) is 4.79 Å². The van der Waals surface area contributed by atoms with E-state index in [1.54, 1.807) is 0 Å². The molecule has 0 bridgehead atoms. The SMILES string of the molecule is CC(C)C(=O)OCc1ccc(B2Oc3ccccc3O2)cc1. The van der Waals surface area contributed by atoms with Gasteiger partial charge in [-0.05, 0) is 17.7 Å². The van der Waals surface area contributed by atoms with Crippen LogP contribution in [0.3, 0.4) is 0 Å². The van der Waals surface area contributed by atoms with Crippen LogP contribution in [-0.4, -0.2) is 13.1 Å². The second kappa shape index (κ2) is 6.14. The van der Waals surface area contributed by atoms with Crippen LogP contribution in [0.25, 0.3) is 0 Å². The zero-order valence-corrected chi connectivity index (χ0v) is 12.6. The van der Waals surface area contributed by atoms with Gasteiger partial charge >= 0.3 is 13.1 Å². The first kappa shape index (κ1) is 14.5. The maximum absolute atomic E-state index is 11.5. The van der Waals surface area contributed by atoms with Crippen molar-refractivity contribution in [3.63, 3.8) is 0 Å². The number of benzene rings is 2. The molecule has 0 aliphatic carbocycles. The molecule has 5 heteroatoms. The lowest BCUT2D eigenvalue weighted by molar-refractivity contribution is -0.148. The smallest absolute Gasteiger partial charge is 0.519 e. The van der Waals surface area contributed by atoms with Crippen molar-refractivity contribution in [3.8, 4) is 11.5 Å². The molecule has 4 nitrogen and oxygen atoms in total. The first-order chi connectivity index (χ1) is 10.6. The maximum Gasteiger partial charge on any atom is 0.632 e. The summed E-state index contributed by atoms with van der Waals surface area (Å²) in [6.45, 7) is 3.92. The second-order valence-corrected chi connectivity index (χ2v) is 5.52. The third-order valence-corrected chi connectivity index (χ3v) is 3.42. The standard InChI is InChI=1S/C17H17BO4/c1-12(2)17(19)20-11-13-7-9-14(10-8-13)18-21-15-5-3-4-6-16(15)22-18/h3-10,12H,11H2,1-2H3. The van der Waals surface area contributed by atoms with Gasteiger partial charge < -0.3 is 14.0 Å². The molecule has 1 aliphatic heterocycles. The maximum atomic E-state index is 11.5. The highest BCUT2D eigenvalue weighted by Gasteiger charge is 2.33. The van der Waals surface area contributed by atoms with E-state index < -0.39 is 7.12 Å². The van der Waals surface area contributed by atoms with Gasteiger partial charge in [0.2, 0.25) is 0 Å². The van der Waals surface area contributed by atoms with Gasteiger partial charge in [-0.25, -0.2) is 0 Å². The molecule has 2 aromatic carbocycles. The van der Waals surface area contributed by atoms with Crippen molar-refractivity contribution >= 4 is 18.6 Å². The molecule has 2 aromatic rings. The van der Waals surface area contributed by atoms with Crippen molar-refractivity contribution in [2.75, 3.05) is 0 Å². The molecule has 0 N–H and O–H groups in total. The summed E-state index contributed by atoms with van der Waals surface area (Å²) >= 11 is 0. The summed E-state index contributed by atoms with van der Waals surface area (Å²) in [7, 11) is -0.426. The molecule has 0 unspecified atom stereocenters. The predicted molar refractivity (Wildman–Crippen MR) is 84.2 cm³/mol. The number of carbonyl (C=O) groups is 1. The lowest BCUT2D eigenvalue weighted by Crippen LogP contribution is -2.38. The molecular formula is C17H17BO4. The molecule has 3 rings (SSSR count). The molecule has 1 heterocycles. The molecule has 0 saturated heterocycles. The van der Waals surface area contributed by atoms with Gasteiger partial charge in [0.1, 0.15) is 18.1 Å². The molecule has 0 fully saturated rings. The minimum absolute atomic E-state index is 0.113. The minimum atomic E-state index is -0.426. The molecule has 0 spiro atoms. The quantitative estimate of drug-likeness (QED) is 0.642. The first-order valence-corrected chi connectivity index (χ1v) is 7.31. The van der Waals surface area contributed by atoms with Crippen molar-refractivity contribution in [3.05, 3.63) is 54.1 Å². The van der Waals surface area contributed by atoms with Crippen LogP contribution in [0.4, 0.5) is 0 Å². The fourth-order valence-corrected chi connectivity index (χ4v) is 2.13. The largest absolute Gasteiger partial charge is 0.632 e. The first-order valence-electron chi connectivity index (χ1n) is 7.31. The Hall–Kier alpha value is -2.43. The topological polar surface area (TPSA) is 44.8 Å². The molecule has 0 saturated carbocycles. The number of ether oxygens (including phenoxy) is 1. The van der Waals surface area contributed by atoms with Gasteiger partial charge in [0.15, 0.2) is 0 Å². The van der Waals surface area contributed by atoms with Crippen molar-refractivity contribution in [2.24, 2.45) is 5.92 Å². The van der Waals surface area contributed by atoms with Crippen LogP contribution >= 0.6 is 0 Å². The zero-order valence-electron chi connectivity index (χ0n) is 12.6. The minimum Gasteiger partial charge on any atom is -0.519 e. The summed E-state index contributed by atoms with van der Waals surface area (Å²) in [5.74, 6) is 1.20. The average molecular weight is 296 g/mol. The number of hydrogen-bond acceptors (Lipinski definition) is 4. The van der Waals surface area contributed by atoms with Crippen LogP contribution in [0, 0.1) is 5.92 Å². The van der Waals surface area contributed by atoms with E-state index in [2.05, 4.69) is 0 Å². The van der Waals surface area contributed by atoms with Gasteiger partial charge in [-0.2, -0.15) is 0 Å². The van der Waals surface area contributed by atoms with Crippen molar-refractivity contribution in [1.29, 1.82) is 0 Å². The fraction of sp³-hybridized carbons (Fsp3) is 0.235. The van der Waals surface area contributed by atoms with Crippen molar-refractivity contribution in [2.45, 2.75) is 20.5 Å². The lowest BCUT2D eigenvalue weighted by Gasteiger charge is -2.08. The van der Waals surface area contributed by atoms with E-state index >= 15 is 0 Å². The molecular weight excluding hydrogens is 279 g/mol. The van der Waals surface area contributed by atoms with E-state index in [4.69, 9.17) is 14.0 Å². The van der Waals surface area contributed by atoms with Crippen LogP contribution in [-0.2, 0) is 16.1 Å².